The van der Waals surface area contributed by atoms with Crippen molar-refractivity contribution in [2.75, 3.05) is 19.7 Å². The van der Waals surface area contributed by atoms with Gasteiger partial charge in [0, 0.05) is 30.4 Å². The van der Waals surface area contributed by atoms with Crippen LogP contribution < -0.4 is 5.73 Å². The molecule has 0 spiro atoms. The van der Waals surface area contributed by atoms with Gasteiger partial charge in [-0.25, -0.2) is 19.5 Å². The highest BCUT2D eigenvalue weighted by molar-refractivity contribution is 6.33. The van der Waals surface area contributed by atoms with Crippen molar-refractivity contribution in [3.63, 3.8) is 0 Å². The number of ether oxygens (including phenoxy) is 1. The molecule has 4 heterocycles. The van der Waals surface area contributed by atoms with E-state index in [0.717, 1.165) is 0 Å². The van der Waals surface area contributed by atoms with Crippen LogP contribution in [-0.2, 0) is 15.1 Å². The van der Waals surface area contributed by atoms with Crippen LogP contribution in [0.5, 0.6) is 0 Å². The Hall–Kier alpha value is -4.85. The number of alkyl halides is 2. The zero-order valence-corrected chi connectivity index (χ0v) is 27.7. The Balaban J connectivity index is 1.38. The molecule has 15 heteroatoms. The number of hydrogen-bond acceptors (Lipinski definition) is 8. The molecule has 0 radical (unpaired) electrons. The molecule has 252 valence electrons. The van der Waals surface area contributed by atoms with E-state index in [9.17, 15) is 18.4 Å². The van der Waals surface area contributed by atoms with Gasteiger partial charge in [-0.3, -0.25) is 14.8 Å². The molecule has 2 aromatic heterocycles. The van der Waals surface area contributed by atoms with Crippen LogP contribution in [0.2, 0.25) is 5.02 Å². The second kappa shape index (κ2) is 12.6. The Morgan fingerprint density at radius 1 is 1.17 bits per heavy atom. The van der Waals surface area contributed by atoms with Crippen molar-refractivity contribution in [1.82, 2.24) is 34.8 Å². The van der Waals surface area contributed by atoms with Gasteiger partial charge < -0.3 is 15.4 Å². The first-order valence-electron chi connectivity index (χ1n) is 15.4. The van der Waals surface area contributed by atoms with Gasteiger partial charge in [0.25, 0.3) is 5.91 Å². The van der Waals surface area contributed by atoms with Gasteiger partial charge in [-0.15, -0.1) is 0 Å². The number of likely N-dealkylation sites (tertiary alicyclic amines) is 1. The number of amides is 2. The second-order valence-electron chi connectivity index (χ2n) is 13.5. The van der Waals surface area contributed by atoms with Crippen LogP contribution in [0.3, 0.4) is 0 Å². The molecule has 6 rings (SSSR count). The summed E-state index contributed by atoms with van der Waals surface area (Å²) in [5, 5.41) is 10.9. The number of nitrogens with one attached hydrogen (secondary N) is 1. The van der Waals surface area contributed by atoms with Crippen molar-refractivity contribution in [1.29, 1.82) is 0 Å². The average molecular weight is 680 g/mol. The third kappa shape index (κ3) is 6.36. The third-order valence-corrected chi connectivity index (χ3v) is 8.78. The first kappa shape index (κ1) is 33.1. The number of hydrogen-bond donors (Lipinski definition) is 2. The molecular weight excluding hydrogens is 644 g/mol. The topological polar surface area (TPSA) is 148 Å². The lowest BCUT2D eigenvalue weighted by molar-refractivity contribution is -0.135. The van der Waals surface area contributed by atoms with Crippen LogP contribution >= 0.6 is 11.6 Å². The number of guanidine groups is 1. The van der Waals surface area contributed by atoms with E-state index in [-0.39, 0.29) is 18.0 Å². The van der Waals surface area contributed by atoms with Gasteiger partial charge in [0.05, 0.1) is 17.3 Å². The molecule has 48 heavy (non-hydrogen) atoms. The smallest absolute Gasteiger partial charge is 0.409 e. The van der Waals surface area contributed by atoms with Crippen LogP contribution in [0.4, 0.5) is 13.6 Å². The summed E-state index contributed by atoms with van der Waals surface area (Å²) >= 11 is 6.54. The molecule has 2 amide bonds. The molecule has 1 saturated heterocycles. The highest BCUT2D eigenvalue weighted by atomic mass is 35.5. The average Bonchev–Trinajstić information content (AvgIpc) is 3.78. The molecule has 0 aliphatic carbocycles. The Bertz CT molecular complexity index is 1830. The molecule has 2 aromatic carbocycles. The highest BCUT2D eigenvalue weighted by Gasteiger charge is 2.53. The molecule has 2 aliphatic rings. The van der Waals surface area contributed by atoms with Crippen molar-refractivity contribution < 1.29 is 23.1 Å². The van der Waals surface area contributed by atoms with E-state index in [0.29, 0.717) is 68.8 Å². The summed E-state index contributed by atoms with van der Waals surface area (Å²) in [5.41, 5.74) is 7.66. The lowest BCUT2D eigenvalue weighted by Crippen LogP contribution is -2.50. The largest absolute Gasteiger partial charge is 0.447 e. The van der Waals surface area contributed by atoms with Gasteiger partial charge in [0.1, 0.15) is 12.9 Å². The Morgan fingerprint density at radius 2 is 1.90 bits per heavy atom. The van der Waals surface area contributed by atoms with Crippen molar-refractivity contribution in [3.05, 3.63) is 77.3 Å². The number of nitrogens with zero attached hydrogens (tertiary/aromatic N) is 7. The summed E-state index contributed by atoms with van der Waals surface area (Å²) < 4.78 is 32.7. The minimum Gasteiger partial charge on any atom is -0.447 e. The maximum atomic E-state index is 14.9. The van der Waals surface area contributed by atoms with Gasteiger partial charge in [-0.1, -0.05) is 69.6 Å². The lowest BCUT2D eigenvalue weighted by atomic mass is 9.75. The van der Waals surface area contributed by atoms with Crippen molar-refractivity contribution in [3.8, 4) is 22.5 Å². The number of H-pyrrole nitrogens is 1. The molecule has 2 aliphatic heterocycles. The van der Waals surface area contributed by atoms with Crippen LogP contribution in [0.1, 0.15) is 57.8 Å². The number of carbonyl (C=O) groups excluding carboxylic acids is 2. The van der Waals surface area contributed by atoms with Gasteiger partial charge in [0.15, 0.2) is 17.3 Å². The SMILES string of the molecule is CC1CN(C(=O)OC[C@H](c2ccc(Cl)c(-c3ncn[nH]3)c2)N2C(=O)[C@@](CC(C)(C)C)(c3ccc(-c4cnn(C(F)F)c4)cc3)N=C2N)C1. The summed E-state index contributed by atoms with van der Waals surface area (Å²) in [6.07, 6.45) is 3.78. The summed E-state index contributed by atoms with van der Waals surface area (Å²) in [5.74, 6) is 0.356. The summed E-state index contributed by atoms with van der Waals surface area (Å²) in [4.78, 5) is 39.9. The number of rotatable bonds is 9. The molecule has 2 atom stereocenters. The van der Waals surface area contributed by atoms with E-state index >= 15 is 0 Å². The minimum absolute atomic E-state index is 0.0404. The maximum absolute atomic E-state index is 14.9. The van der Waals surface area contributed by atoms with Crippen molar-refractivity contribution in [2.45, 2.75) is 52.2 Å². The van der Waals surface area contributed by atoms with E-state index in [2.05, 4.69) is 20.3 Å². The van der Waals surface area contributed by atoms with Crippen molar-refractivity contribution >= 4 is 29.6 Å². The van der Waals surface area contributed by atoms with Crippen LogP contribution in [0.15, 0.2) is 66.2 Å². The monoisotopic (exact) mass is 679 g/mol. The lowest BCUT2D eigenvalue weighted by Gasteiger charge is -2.37. The van der Waals surface area contributed by atoms with Crippen LogP contribution in [0.25, 0.3) is 22.5 Å². The third-order valence-electron chi connectivity index (χ3n) is 8.45. The molecule has 0 unspecified atom stereocenters. The van der Waals surface area contributed by atoms with Gasteiger partial charge >= 0.3 is 12.6 Å². The fourth-order valence-electron chi connectivity index (χ4n) is 6.28. The number of nitrogens with two attached hydrogens (primary N) is 1. The summed E-state index contributed by atoms with van der Waals surface area (Å²) in [6, 6.07) is 11.3. The molecule has 0 saturated carbocycles. The van der Waals surface area contributed by atoms with E-state index < -0.39 is 30.1 Å². The second-order valence-corrected chi connectivity index (χ2v) is 13.9. The van der Waals surface area contributed by atoms with Crippen LogP contribution in [-0.4, -0.2) is 72.4 Å². The van der Waals surface area contributed by atoms with Gasteiger partial charge in [0.2, 0.25) is 0 Å². The Morgan fingerprint density at radius 3 is 2.50 bits per heavy atom. The van der Waals surface area contributed by atoms with Crippen LogP contribution in [0, 0.1) is 11.3 Å². The Labute approximate surface area is 280 Å². The van der Waals surface area contributed by atoms with Gasteiger partial charge in [-0.2, -0.15) is 19.0 Å². The first-order valence-corrected chi connectivity index (χ1v) is 15.8. The summed E-state index contributed by atoms with van der Waals surface area (Å²) in [7, 11) is 0. The normalized spacial score (nSPS) is 19.1. The minimum atomic E-state index is -2.76. The number of aromatic amines is 1. The molecule has 3 N–H and O–H groups in total. The number of aliphatic imine (C=N–C) groups is 1. The maximum Gasteiger partial charge on any atom is 0.409 e. The zero-order chi connectivity index (χ0) is 34.4. The standard InChI is InChI=1S/C33H36ClF2N9O3/c1-19-13-43(14-19)31(47)48-16-26(21-7-10-25(34)24(11-21)27-38-18-39-42-27)45-28(46)33(41-30(45)37,17-32(2,3)4)23-8-5-20(6-9-23)22-12-40-44(15-22)29(35)36/h5-12,15,18-19,26,29H,13-14,16-17H2,1-4H3,(H2,37,41)(H,38,39,42)/t26-,33-/m1/s1. The number of carbonyl (C=O) groups is 2. The fraction of sp³-hybridized carbons (Fsp3) is 0.394. The zero-order valence-electron chi connectivity index (χ0n) is 26.9. The molecule has 0 bridgehead atoms. The fourth-order valence-corrected chi connectivity index (χ4v) is 6.49. The quantitative estimate of drug-likeness (QED) is 0.220. The van der Waals surface area contributed by atoms with Crippen molar-refractivity contribution in [2.24, 2.45) is 22.1 Å². The highest BCUT2D eigenvalue weighted by Crippen LogP contribution is 2.45. The predicted octanol–water partition coefficient (Wildman–Crippen LogP) is 6.00. The van der Waals surface area contributed by atoms with E-state index in [1.54, 1.807) is 47.4 Å². The number of benzene rings is 2. The van der Waals surface area contributed by atoms with E-state index in [4.69, 9.17) is 27.1 Å². The predicted molar refractivity (Wildman–Crippen MR) is 175 cm³/mol. The summed E-state index contributed by atoms with van der Waals surface area (Å²) in [6.45, 7) is 6.24. The number of aromatic nitrogens is 5. The molecule has 12 nitrogen and oxygen atoms in total. The first-order chi connectivity index (χ1) is 22.8. The Kier molecular flexibility index (Phi) is 8.71. The number of halogens is 3. The molecule has 4 aromatic rings. The van der Waals surface area contributed by atoms with Gasteiger partial charge in [-0.05, 0) is 46.6 Å². The van der Waals surface area contributed by atoms with E-state index in [1.165, 1.54) is 23.6 Å². The molecule has 1 fully saturated rings. The van der Waals surface area contributed by atoms with E-state index in [1.807, 2.05) is 27.7 Å². The molecular formula is C33H36ClF2N9O3.